The summed E-state index contributed by atoms with van der Waals surface area (Å²) >= 11 is 0. The molecule has 0 radical (unpaired) electrons. The van der Waals surface area contributed by atoms with E-state index in [-0.39, 0.29) is 11.8 Å². The Morgan fingerprint density at radius 3 is 2.26 bits per heavy atom. The molecule has 2 rings (SSSR count). The van der Waals surface area contributed by atoms with E-state index in [1.165, 1.54) is 0 Å². The largest absolute Gasteiger partial charge is 0.342 e. The van der Waals surface area contributed by atoms with Gasteiger partial charge in [0.1, 0.15) is 11.6 Å². The van der Waals surface area contributed by atoms with Gasteiger partial charge in [-0.15, -0.1) is 0 Å². The van der Waals surface area contributed by atoms with Crippen molar-refractivity contribution in [2.45, 2.75) is 65.1 Å². The van der Waals surface area contributed by atoms with Crippen LogP contribution in [0.2, 0.25) is 0 Å². The minimum absolute atomic E-state index is 0.0105. The van der Waals surface area contributed by atoms with E-state index in [2.05, 4.69) is 19.2 Å². The molecule has 1 saturated heterocycles. The Hall–Kier alpha value is -1.84. The predicted molar refractivity (Wildman–Crippen MR) is 91.7 cm³/mol. The summed E-state index contributed by atoms with van der Waals surface area (Å²) < 4.78 is 0. The van der Waals surface area contributed by atoms with Gasteiger partial charge in [-0.25, -0.2) is 0 Å². The average Bonchev–Trinajstić information content (AvgIpc) is 2.53. The first kappa shape index (κ1) is 17.5. The molecule has 1 unspecified atom stereocenters. The summed E-state index contributed by atoms with van der Waals surface area (Å²) in [6.45, 7) is 8.60. The van der Waals surface area contributed by atoms with Crippen molar-refractivity contribution in [2.24, 2.45) is 5.92 Å². The van der Waals surface area contributed by atoms with E-state index in [4.69, 9.17) is 0 Å². The lowest BCUT2D eigenvalue weighted by Gasteiger charge is -2.48. The van der Waals surface area contributed by atoms with Crippen molar-refractivity contribution >= 4 is 11.8 Å². The van der Waals surface area contributed by atoms with Gasteiger partial charge >= 0.3 is 0 Å². The molecule has 1 aliphatic heterocycles. The molecule has 0 bridgehead atoms. The van der Waals surface area contributed by atoms with Crippen molar-refractivity contribution in [1.82, 2.24) is 10.2 Å². The maximum absolute atomic E-state index is 13.1. The zero-order valence-electron chi connectivity index (χ0n) is 14.6. The van der Waals surface area contributed by atoms with Gasteiger partial charge < -0.3 is 10.2 Å². The number of rotatable bonds is 6. The Morgan fingerprint density at radius 2 is 1.74 bits per heavy atom. The van der Waals surface area contributed by atoms with Crippen molar-refractivity contribution in [3.8, 4) is 0 Å². The molecule has 1 N–H and O–H groups in total. The second-order valence-electron chi connectivity index (χ2n) is 6.80. The van der Waals surface area contributed by atoms with Crippen LogP contribution in [0.4, 0.5) is 0 Å². The van der Waals surface area contributed by atoms with Gasteiger partial charge in [0.2, 0.25) is 11.8 Å². The minimum atomic E-state index is -0.736. The number of nitrogens with one attached hydrogen (secondary N) is 1. The Morgan fingerprint density at radius 1 is 1.13 bits per heavy atom. The number of piperazine rings is 1. The number of carbonyl (C=O) groups is 2. The van der Waals surface area contributed by atoms with Crippen LogP contribution in [0, 0.1) is 5.92 Å². The van der Waals surface area contributed by atoms with E-state index < -0.39 is 11.6 Å². The number of hydrogen-bond donors (Lipinski definition) is 1. The lowest BCUT2D eigenvalue weighted by atomic mass is 9.84. The molecule has 1 fully saturated rings. The molecular weight excluding hydrogens is 288 g/mol. The maximum Gasteiger partial charge on any atom is 0.246 e. The van der Waals surface area contributed by atoms with Crippen LogP contribution in [-0.4, -0.2) is 28.3 Å². The van der Waals surface area contributed by atoms with Crippen molar-refractivity contribution in [1.29, 1.82) is 0 Å². The molecule has 4 nitrogen and oxygen atoms in total. The van der Waals surface area contributed by atoms with Crippen LogP contribution in [0.5, 0.6) is 0 Å². The summed E-state index contributed by atoms with van der Waals surface area (Å²) in [7, 11) is 0. The van der Waals surface area contributed by atoms with Crippen molar-refractivity contribution in [3.05, 3.63) is 35.9 Å². The first-order valence-corrected chi connectivity index (χ1v) is 8.61. The number of hydrogen-bond acceptors (Lipinski definition) is 2. The summed E-state index contributed by atoms with van der Waals surface area (Å²) in [6.07, 6.45) is 1.93. The standard InChI is InChI=1S/C19H28N2O2/c1-5-19(6-2)18(23)20-16(12-14(3)4)17(22)21(19)13-15-10-8-7-9-11-15/h7-11,14,16H,5-6,12-13H2,1-4H3,(H,20,23). The Kier molecular flexibility index (Phi) is 5.45. The highest BCUT2D eigenvalue weighted by Gasteiger charge is 2.50. The number of benzene rings is 1. The van der Waals surface area contributed by atoms with Crippen LogP contribution in [0.15, 0.2) is 30.3 Å². The van der Waals surface area contributed by atoms with Crippen LogP contribution in [-0.2, 0) is 16.1 Å². The molecule has 1 heterocycles. The third-order valence-corrected chi connectivity index (χ3v) is 4.87. The monoisotopic (exact) mass is 316 g/mol. The molecule has 1 aromatic rings. The molecule has 23 heavy (non-hydrogen) atoms. The highest BCUT2D eigenvalue weighted by atomic mass is 16.2. The molecule has 1 aliphatic rings. The molecular formula is C19H28N2O2. The van der Waals surface area contributed by atoms with Gasteiger partial charge in [-0.1, -0.05) is 58.0 Å². The summed E-state index contributed by atoms with van der Waals surface area (Å²) in [5, 5.41) is 2.98. The topological polar surface area (TPSA) is 49.4 Å². The fourth-order valence-electron chi connectivity index (χ4n) is 3.46. The molecule has 1 atom stereocenters. The molecule has 126 valence electrons. The van der Waals surface area contributed by atoms with E-state index >= 15 is 0 Å². The molecule has 4 heteroatoms. The smallest absolute Gasteiger partial charge is 0.246 e. The van der Waals surface area contributed by atoms with E-state index in [0.29, 0.717) is 31.7 Å². The zero-order chi connectivity index (χ0) is 17.0. The average molecular weight is 316 g/mol. The molecule has 0 aromatic heterocycles. The molecule has 2 amide bonds. The van der Waals surface area contributed by atoms with E-state index in [1.807, 2.05) is 49.1 Å². The first-order valence-electron chi connectivity index (χ1n) is 8.61. The quantitative estimate of drug-likeness (QED) is 0.876. The third-order valence-electron chi connectivity index (χ3n) is 4.87. The summed E-state index contributed by atoms with van der Waals surface area (Å²) in [4.78, 5) is 27.7. The fourth-order valence-corrected chi connectivity index (χ4v) is 3.46. The molecule has 0 saturated carbocycles. The van der Waals surface area contributed by atoms with Gasteiger partial charge in [0, 0.05) is 6.54 Å². The van der Waals surface area contributed by atoms with E-state index in [1.54, 1.807) is 0 Å². The Labute approximate surface area is 139 Å². The minimum Gasteiger partial charge on any atom is -0.342 e. The molecule has 0 aliphatic carbocycles. The van der Waals surface area contributed by atoms with Crippen LogP contribution >= 0.6 is 0 Å². The number of carbonyl (C=O) groups excluding carboxylic acids is 2. The fraction of sp³-hybridized carbons (Fsp3) is 0.579. The lowest BCUT2D eigenvalue weighted by molar-refractivity contribution is -0.159. The normalized spacial score (nSPS) is 20.7. The number of nitrogens with zero attached hydrogens (tertiary/aromatic N) is 1. The van der Waals surface area contributed by atoms with Gasteiger partial charge in [-0.05, 0) is 30.7 Å². The first-order chi connectivity index (χ1) is 10.9. The van der Waals surface area contributed by atoms with Gasteiger partial charge in [0.15, 0.2) is 0 Å². The van der Waals surface area contributed by atoms with E-state index in [9.17, 15) is 9.59 Å². The number of amides is 2. The van der Waals surface area contributed by atoms with Gasteiger partial charge in [0.05, 0.1) is 0 Å². The van der Waals surface area contributed by atoms with Crippen LogP contribution in [0.3, 0.4) is 0 Å². The zero-order valence-corrected chi connectivity index (χ0v) is 14.6. The summed E-state index contributed by atoms with van der Waals surface area (Å²) in [5.41, 5.74) is 0.325. The maximum atomic E-state index is 13.1. The Balaban J connectivity index is 2.36. The van der Waals surface area contributed by atoms with Crippen LogP contribution < -0.4 is 5.32 Å². The highest BCUT2D eigenvalue weighted by Crippen LogP contribution is 2.31. The lowest BCUT2D eigenvalue weighted by Crippen LogP contribution is -2.70. The molecule has 1 aromatic carbocycles. The second kappa shape index (κ2) is 7.16. The van der Waals surface area contributed by atoms with Gasteiger partial charge in [-0.2, -0.15) is 0 Å². The SMILES string of the molecule is CCC1(CC)C(=O)NC(CC(C)C)C(=O)N1Cc1ccccc1. The van der Waals surface area contributed by atoms with Crippen LogP contribution in [0.25, 0.3) is 0 Å². The molecule has 0 spiro atoms. The summed E-state index contributed by atoms with van der Waals surface area (Å²) in [6, 6.07) is 9.50. The summed E-state index contributed by atoms with van der Waals surface area (Å²) in [5.74, 6) is 0.396. The Bertz CT molecular complexity index is 550. The predicted octanol–water partition coefficient (Wildman–Crippen LogP) is 3.12. The van der Waals surface area contributed by atoms with Crippen molar-refractivity contribution in [2.75, 3.05) is 0 Å². The van der Waals surface area contributed by atoms with Crippen molar-refractivity contribution in [3.63, 3.8) is 0 Å². The highest BCUT2D eigenvalue weighted by molar-refractivity contribution is 5.99. The second-order valence-corrected chi connectivity index (χ2v) is 6.80. The van der Waals surface area contributed by atoms with Crippen LogP contribution in [0.1, 0.15) is 52.5 Å². The van der Waals surface area contributed by atoms with Gasteiger partial charge in [0.25, 0.3) is 0 Å². The van der Waals surface area contributed by atoms with Gasteiger partial charge in [-0.3, -0.25) is 9.59 Å². The van der Waals surface area contributed by atoms with E-state index in [0.717, 1.165) is 5.56 Å². The third kappa shape index (κ3) is 3.41. The van der Waals surface area contributed by atoms with Crippen molar-refractivity contribution < 1.29 is 9.59 Å².